The molecule has 11 heteroatoms. The fourth-order valence-corrected chi connectivity index (χ4v) is 3.78. The first-order valence-electron chi connectivity index (χ1n) is 9.26. The summed E-state index contributed by atoms with van der Waals surface area (Å²) in [5.74, 6) is -1.75. The van der Waals surface area contributed by atoms with Crippen molar-refractivity contribution in [3.05, 3.63) is 0 Å². The third kappa shape index (κ3) is 4.65. The minimum atomic E-state index is -1.64. The van der Waals surface area contributed by atoms with Crippen LogP contribution in [-0.4, -0.2) is 122 Å². The maximum absolute atomic E-state index is 10.4. The number of hydrogen-bond acceptors (Lipinski definition) is 11. The summed E-state index contributed by atoms with van der Waals surface area (Å²) >= 11 is 0. The average molecular weight is 412 g/mol. The predicted molar refractivity (Wildman–Crippen MR) is 91.8 cm³/mol. The van der Waals surface area contributed by atoms with Crippen LogP contribution in [0.2, 0.25) is 0 Å². The van der Waals surface area contributed by atoms with Crippen LogP contribution in [0.1, 0.15) is 13.8 Å². The van der Waals surface area contributed by atoms with E-state index in [4.69, 9.17) is 14.2 Å². The van der Waals surface area contributed by atoms with Crippen molar-refractivity contribution in [2.75, 3.05) is 26.4 Å². The number of aliphatic hydroxyl groups is 8. The van der Waals surface area contributed by atoms with Gasteiger partial charge in [-0.15, -0.1) is 0 Å². The summed E-state index contributed by atoms with van der Waals surface area (Å²) in [6, 6.07) is 0. The van der Waals surface area contributed by atoms with Crippen LogP contribution in [0.15, 0.2) is 0 Å². The molecule has 0 aromatic heterocycles. The molecule has 2 aliphatic heterocycles. The molecule has 28 heavy (non-hydrogen) atoms. The second-order valence-corrected chi connectivity index (χ2v) is 7.91. The van der Waals surface area contributed by atoms with Gasteiger partial charge in [0.25, 0.3) is 0 Å². The standard InChI is InChI=1S/C17H32O11/c1-17(2,15-13(23)11(21)7(3-18)9(4-19)27-15)26-6-8-10(5-20)28-16(25)14(24)12(8)22/h7-16,18-25H,3-6H2,1-2H3. The Balaban J connectivity index is 2.09. The Hall–Kier alpha value is -0.440. The third-order valence-electron chi connectivity index (χ3n) is 5.67. The Morgan fingerprint density at radius 3 is 1.79 bits per heavy atom. The molecule has 0 aromatic carbocycles. The van der Waals surface area contributed by atoms with Crippen molar-refractivity contribution >= 4 is 0 Å². The van der Waals surface area contributed by atoms with E-state index in [0.29, 0.717) is 0 Å². The van der Waals surface area contributed by atoms with E-state index < -0.39 is 86.3 Å². The van der Waals surface area contributed by atoms with Gasteiger partial charge >= 0.3 is 0 Å². The predicted octanol–water partition coefficient (Wildman–Crippen LogP) is -4.08. The number of aliphatic hydroxyl groups excluding tert-OH is 8. The summed E-state index contributed by atoms with van der Waals surface area (Å²) in [7, 11) is 0. The van der Waals surface area contributed by atoms with E-state index in [1.807, 2.05) is 0 Å². The average Bonchev–Trinajstić information content (AvgIpc) is 2.66. The molecular weight excluding hydrogens is 380 g/mol. The van der Waals surface area contributed by atoms with E-state index in [-0.39, 0.29) is 6.61 Å². The van der Waals surface area contributed by atoms with Gasteiger partial charge in [-0.2, -0.15) is 0 Å². The van der Waals surface area contributed by atoms with Crippen molar-refractivity contribution in [1.82, 2.24) is 0 Å². The van der Waals surface area contributed by atoms with Crippen LogP contribution in [0.5, 0.6) is 0 Å². The number of rotatable bonds is 7. The summed E-state index contributed by atoms with van der Waals surface area (Å²) < 4.78 is 16.5. The summed E-state index contributed by atoms with van der Waals surface area (Å²) in [5, 5.41) is 78.5. The molecule has 0 radical (unpaired) electrons. The van der Waals surface area contributed by atoms with Crippen LogP contribution in [0.25, 0.3) is 0 Å². The van der Waals surface area contributed by atoms with Gasteiger partial charge < -0.3 is 55.1 Å². The molecule has 0 aromatic rings. The third-order valence-corrected chi connectivity index (χ3v) is 5.67. The molecule has 2 saturated heterocycles. The lowest BCUT2D eigenvalue weighted by atomic mass is 9.82. The van der Waals surface area contributed by atoms with E-state index in [0.717, 1.165) is 0 Å². The lowest BCUT2D eigenvalue weighted by Crippen LogP contribution is -2.63. The lowest BCUT2D eigenvalue weighted by Gasteiger charge is -2.48. The van der Waals surface area contributed by atoms with E-state index >= 15 is 0 Å². The van der Waals surface area contributed by atoms with Crippen molar-refractivity contribution in [2.24, 2.45) is 11.8 Å². The second kappa shape index (κ2) is 9.58. The minimum Gasteiger partial charge on any atom is -0.396 e. The summed E-state index contributed by atoms with van der Waals surface area (Å²) in [4.78, 5) is 0. The number of hydrogen-bond donors (Lipinski definition) is 8. The van der Waals surface area contributed by atoms with Crippen molar-refractivity contribution in [2.45, 2.75) is 68.5 Å². The zero-order valence-corrected chi connectivity index (χ0v) is 15.9. The molecule has 0 amide bonds. The molecule has 10 atom stereocenters. The van der Waals surface area contributed by atoms with Gasteiger partial charge in [0, 0.05) is 11.8 Å². The monoisotopic (exact) mass is 412 g/mol. The van der Waals surface area contributed by atoms with Gasteiger partial charge in [-0.25, -0.2) is 0 Å². The first-order chi connectivity index (χ1) is 13.1. The molecule has 0 aliphatic carbocycles. The molecule has 0 saturated carbocycles. The van der Waals surface area contributed by atoms with Crippen LogP contribution in [0, 0.1) is 11.8 Å². The highest BCUT2D eigenvalue weighted by molar-refractivity contribution is 4.99. The largest absolute Gasteiger partial charge is 0.396 e. The van der Waals surface area contributed by atoms with Crippen molar-refractivity contribution in [1.29, 1.82) is 0 Å². The topological polar surface area (TPSA) is 190 Å². The fourth-order valence-electron chi connectivity index (χ4n) is 3.78. The lowest BCUT2D eigenvalue weighted by molar-refractivity contribution is -0.293. The summed E-state index contributed by atoms with van der Waals surface area (Å²) in [6.45, 7) is 1.42. The fraction of sp³-hybridized carbons (Fsp3) is 1.00. The quantitative estimate of drug-likeness (QED) is 0.203. The number of ether oxygens (including phenoxy) is 3. The van der Waals surface area contributed by atoms with Gasteiger partial charge in [-0.1, -0.05) is 0 Å². The van der Waals surface area contributed by atoms with Crippen LogP contribution in [-0.2, 0) is 14.2 Å². The Kier molecular flexibility index (Phi) is 8.15. The smallest absolute Gasteiger partial charge is 0.183 e. The molecule has 166 valence electrons. The Morgan fingerprint density at radius 2 is 1.25 bits per heavy atom. The second-order valence-electron chi connectivity index (χ2n) is 7.91. The molecule has 2 fully saturated rings. The molecule has 8 N–H and O–H groups in total. The Morgan fingerprint density at radius 1 is 0.714 bits per heavy atom. The van der Waals surface area contributed by atoms with Crippen molar-refractivity contribution in [3.63, 3.8) is 0 Å². The van der Waals surface area contributed by atoms with Gasteiger partial charge in [0.2, 0.25) is 0 Å². The maximum Gasteiger partial charge on any atom is 0.183 e. The normalized spacial score (nSPS) is 45.2. The zero-order chi connectivity index (χ0) is 21.2. The van der Waals surface area contributed by atoms with Crippen LogP contribution in [0.3, 0.4) is 0 Å². The Bertz CT molecular complexity index is 486. The first-order valence-corrected chi connectivity index (χ1v) is 9.26. The minimum absolute atomic E-state index is 0.223. The highest BCUT2D eigenvalue weighted by Crippen LogP contribution is 2.34. The summed E-state index contributed by atoms with van der Waals surface area (Å²) in [5.41, 5.74) is -1.23. The summed E-state index contributed by atoms with van der Waals surface area (Å²) in [6.07, 6.45) is -10.4. The molecule has 10 unspecified atom stereocenters. The van der Waals surface area contributed by atoms with Gasteiger partial charge in [0.15, 0.2) is 6.29 Å². The van der Waals surface area contributed by atoms with Crippen LogP contribution < -0.4 is 0 Å². The van der Waals surface area contributed by atoms with E-state index in [2.05, 4.69) is 0 Å². The Labute approximate surface area is 162 Å². The maximum atomic E-state index is 10.4. The zero-order valence-electron chi connectivity index (χ0n) is 15.9. The molecule has 0 bridgehead atoms. The van der Waals surface area contributed by atoms with Gasteiger partial charge in [0.1, 0.15) is 18.3 Å². The van der Waals surface area contributed by atoms with E-state index in [9.17, 15) is 40.9 Å². The molecular formula is C17H32O11. The first kappa shape index (κ1) is 23.8. The molecule has 2 aliphatic rings. The van der Waals surface area contributed by atoms with Gasteiger partial charge in [-0.3, -0.25) is 0 Å². The molecule has 0 spiro atoms. The van der Waals surface area contributed by atoms with Crippen molar-refractivity contribution in [3.8, 4) is 0 Å². The molecule has 2 heterocycles. The van der Waals surface area contributed by atoms with Crippen LogP contribution >= 0.6 is 0 Å². The highest BCUT2D eigenvalue weighted by atomic mass is 16.6. The van der Waals surface area contributed by atoms with Crippen molar-refractivity contribution < 1.29 is 55.1 Å². The highest BCUT2D eigenvalue weighted by Gasteiger charge is 2.51. The van der Waals surface area contributed by atoms with E-state index in [1.165, 1.54) is 0 Å². The van der Waals surface area contributed by atoms with Gasteiger partial charge in [0.05, 0.1) is 56.4 Å². The molecule has 11 nitrogen and oxygen atoms in total. The molecule has 2 rings (SSSR count). The van der Waals surface area contributed by atoms with Crippen LogP contribution in [0.4, 0.5) is 0 Å². The van der Waals surface area contributed by atoms with Gasteiger partial charge in [-0.05, 0) is 13.8 Å². The SMILES string of the molecule is CC(C)(OCC1C(CO)OC(O)C(O)C1O)C1OC(CO)C(CO)C(O)C1O. The van der Waals surface area contributed by atoms with E-state index in [1.54, 1.807) is 13.8 Å².